The second-order valence-electron chi connectivity index (χ2n) is 5.56. The molecule has 0 N–H and O–H groups in total. The van der Waals surface area contributed by atoms with Gasteiger partial charge in [-0.3, -0.25) is 0 Å². The minimum Gasteiger partial charge on any atom is -0.445 e. The van der Waals surface area contributed by atoms with E-state index in [4.69, 9.17) is 27.9 Å². The van der Waals surface area contributed by atoms with Crippen LogP contribution in [0.15, 0.2) is 48.5 Å². The number of likely N-dealkylation sites (tertiary alicyclic amines) is 1. The van der Waals surface area contributed by atoms with Crippen LogP contribution in [-0.2, 0) is 11.3 Å². The molecule has 1 amide bonds. The number of amides is 1. The molecule has 0 spiro atoms. The number of carbonyl (C=O) groups excluding carboxylic acids is 1. The van der Waals surface area contributed by atoms with E-state index in [1.165, 1.54) is 0 Å². The molecule has 0 saturated carbocycles. The number of nitrogens with zero attached hydrogens (tertiary/aromatic N) is 1. The van der Waals surface area contributed by atoms with E-state index in [0.29, 0.717) is 16.6 Å². The largest absolute Gasteiger partial charge is 0.445 e. The van der Waals surface area contributed by atoms with Gasteiger partial charge in [0, 0.05) is 16.6 Å². The first-order chi connectivity index (χ1) is 11.1. The monoisotopic (exact) mass is 349 g/mol. The maximum Gasteiger partial charge on any atom is 0.410 e. The maximum absolute atomic E-state index is 12.4. The summed E-state index contributed by atoms with van der Waals surface area (Å²) in [6.07, 6.45) is 1.51. The molecule has 23 heavy (non-hydrogen) atoms. The summed E-state index contributed by atoms with van der Waals surface area (Å²) in [5.74, 6) is 0. The van der Waals surface area contributed by atoms with E-state index in [1.54, 1.807) is 17.0 Å². The van der Waals surface area contributed by atoms with Gasteiger partial charge in [-0.2, -0.15) is 0 Å². The maximum atomic E-state index is 12.4. The van der Waals surface area contributed by atoms with Gasteiger partial charge in [0.25, 0.3) is 0 Å². The minimum atomic E-state index is -0.303. The molecule has 1 fully saturated rings. The van der Waals surface area contributed by atoms with Gasteiger partial charge in [0.1, 0.15) is 6.61 Å². The Bertz CT molecular complexity index is 691. The number of benzene rings is 2. The van der Waals surface area contributed by atoms with E-state index < -0.39 is 0 Å². The van der Waals surface area contributed by atoms with Crippen LogP contribution in [0.2, 0.25) is 10.0 Å². The summed E-state index contributed by atoms with van der Waals surface area (Å²) < 4.78 is 5.45. The Morgan fingerprint density at radius 2 is 1.96 bits per heavy atom. The molecule has 2 aromatic carbocycles. The molecule has 0 bridgehead atoms. The summed E-state index contributed by atoms with van der Waals surface area (Å²) in [5, 5.41) is 1.18. The van der Waals surface area contributed by atoms with Crippen molar-refractivity contribution in [2.75, 3.05) is 6.54 Å². The summed E-state index contributed by atoms with van der Waals surface area (Å²) in [6.45, 7) is 0.953. The van der Waals surface area contributed by atoms with Gasteiger partial charge >= 0.3 is 6.09 Å². The lowest BCUT2D eigenvalue weighted by Gasteiger charge is -2.25. The fourth-order valence-electron chi connectivity index (χ4n) is 2.88. The van der Waals surface area contributed by atoms with Crippen LogP contribution >= 0.6 is 23.2 Å². The first-order valence-corrected chi connectivity index (χ1v) is 8.33. The van der Waals surface area contributed by atoms with Gasteiger partial charge < -0.3 is 9.64 Å². The molecule has 1 unspecified atom stereocenters. The lowest BCUT2D eigenvalue weighted by Crippen LogP contribution is -2.31. The van der Waals surface area contributed by atoms with Crippen LogP contribution in [0.1, 0.15) is 30.0 Å². The van der Waals surface area contributed by atoms with E-state index in [-0.39, 0.29) is 18.7 Å². The van der Waals surface area contributed by atoms with Crippen molar-refractivity contribution in [2.24, 2.45) is 0 Å². The summed E-state index contributed by atoms with van der Waals surface area (Å²) in [5.41, 5.74) is 1.89. The molecule has 3 rings (SSSR count). The van der Waals surface area contributed by atoms with Crippen molar-refractivity contribution in [3.63, 3.8) is 0 Å². The van der Waals surface area contributed by atoms with Gasteiger partial charge in [0.2, 0.25) is 0 Å². The van der Waals surface area contributed by atoms with E-state index in [0.717, 1.165) is 24.0 Å². The average molecular weight is 350 g/mol. The standard InChI is InChI=1S/C18H17Cl2NO2/c19-14-8-9-15(16(20)11-14)17-7-4-10-21(17)18(22)23-12-13-5-2-1-3-6-13/h1-3,5-6,8-9,11,17H,4,7,10,12H2. The van der Waals surface area contributed by atoms with Gasteiger partial charge in [-0.25, -0.2) is 4.79 Å². The lowest BCUT2D eigenvalue weighted by molar-refractivity contribution is 0.0921. The topological polar surface area (TPSA) is 29.5 Å². The quantitative estimate of drug-likeness (QED) is 0.735. The summed E-state index contributed by atoms with van der Waals surface area (Å²) in [4.78, 5) is 14.2. The predicted octanol–water partition coefficient (Wildman–Crippen LogP) is 5.47. The number of halogens is 2. The van der Waals surface area contributed by atoms with E-state index >= 15 is 0 Å². The number of ether oxygens (including phenoxy) is 1. The highest BCUT2D eigenvalue weighted by Gasteiger charge is 2.32. The molecule has 0 aliphatic carbocycles. The Morgan fingerprint density at radius 3 is 2.70 bits per heavy atom. The van der Waals surface area contributed by atoms with E-state index in [2.05, 4.69) is 0 Å². The molecule has 1 saturated heterocycles. The van der Waals surface area contributed by atoms with Crippen LogP contribution in [0.3, 0.4) is 0 Å². The van der Waals surface area contributed by atoms with Crippen molar-refractivity contribution in [1.82, 2.24) is 4.90 Å². The van der Waals surface area contributed by atoms with Gasteiger partial charge in [-0.15, -0.1) is 0 Å². The van der Waals surface area contributed by atoms with Gasteiger partial charge in [0.05, 0.1) is 6.04 Å². The van der Waals surface area contributed by atoms with Crippen molar-refractivity contribution in [3.05, 3.63) is 69.7 Å². The summed E-state index contributed by atoms with van der Waals surface area (Å²) in [6, 6.07) is 15.0. The highest BCUT2D eigenvalue weighted by atomic mass is 35.5. The third-order valence-corrected chi connectivity index (χ3v) is 4.58. The third kappa shape index (κ3) is 3.80. The molecule has 1 aliphatic rings. The molecule has 0 radical (unpaired) electrons. The van der Waals surface area contributed by atoms with Crippen LogP contribution in [0, 0.1) is 0 Å². The van der Waals surface area contributed by atoms with Crippen LogP contribution in [0.5, 0.6) is 0 Å². The lowest BCUT2D eigenvalue weighted by atomic mass is 10.0. The molecule has 2 aromatic rings. The molecule has 3 nitrogen and oxygen atoms in total. The van der Waals surface area contributed by atoms with Gasteiger partial charge in [-0.05, 0) is 36.1 Å². The highest BCUT2D eigenvalue weighted by molar-refractivity contribution is 6.35. The first-order valence-electron chi connectivity index (χ1n) is 7.57. The average Bonchev–Trinajstić information content (AvgIpc) is 3.03. The molecule has 1 aliphatic heterocycles. The zero-order valence-electron chi connectivity index (χ0n) is 12.5. The van der Waals surface area contributed by atoms with Crippen LogP contribution in [0.25, 0.3) is 0 Å². The fourth-order valence-corrected chi connectivity index (χ4v) is 3.42. The van der Waals surface area contributed by atoms with E-state index in [1.807, 2.05) is 36.4 Å². The van der Waals surface area contributed by atoms with Crippen LogP contribution in [-0.4, -0.2) is 17.5 Å². The van der Waals surface area contributed by atoms with Crippen molar-refractivity contribution < 1.29 is 9.53 Å². The smallest absolute Gasteiger partial charge is 0.410 e. The number of rotatable bonds is 3. The molecule has 0 aromatic heterocycles. The summed E-state index contributed by atoms with van der Waals surface area (Å²) in [7, 11) is 0. The molecule has 1 heterocycles. The van der Waals surface area contributed by atoms with Crippen molar-refractivity contribution >= 4 is 29.3 Å². The third-order valence-electron chi connectivity index (χ3n) is 4.01. The minimum absolute atomic E-state index is 0.0527. The summed E-state index contributed by atoms with van der Waals surface area (Å²) >= 11 is 12.2. The van der Waals surface area contributed by atoms with Gasteiger partial charge in [0.15, 0.2) is 0 Å². The molecule has 120 valence electrons. The van der Waals surface area contributed by atoms with Crippen molar-refractivity contribution in [3.8, 4) is 0 Å². The molecular weight excluding hydrogens is 333 g/mol. The normalized spacial score (nSPS) is 17.3. The molecule has 5 heteroatoms. The Balaban J connectivity index is 1.69. The van der Waals surface area contributed by atoms with Crippen LogP contribution in [0.4, 0.5) is 4.79 Å². The van der Waals surface area contributed by atoms with Crippen molar-refractivity contribution in [2.45, 2.75) is 25.5 Å². The Hall–Kier alpha value is -1.71. The van der Waals surface area contributed by atoms with E-state index in [9.17, 15) is 4.79 Å². The Kier molecular flexibility index (Phi) is 5.09. The molecular formula is C18H17Cl2NO2. The Labute approximate surface area is 145 Å². The number of hydrogen-bond acceptors (Lipinski definition) is 2. The second-order valence-corrected chi connectivity index (χ2v) is 6.40. The van der Waals surface area contributed by atoms with Crippen molar-refractivity contribution in [1.29, 1.82) is 0 Å². The zero-order valence-corrected chi connectivity index (χ0v) is 14.1. The zero-order chi connectivity index (χ0) is 16.2. The second kappa shape index (κ2) is 7.24. The Morgan fingerprint density at radius 1 is 1.17 bits per heavy atom. The fraction of sp³-hybridized carbons (Fsp3) is 0.278. The SMILES string of the molecule is O=C(OCc1ccccc1)N1CCCC1c1ccc(Cl)cc1Cl. The van der Waals surface area contributed by atoms with Crippen LogP contribution < -0.4 is 0 Å². The number of hydrogen-bond donors (Lipinski definition) is 0. The highest BCUT2D eigenvalue weighted by Crippen LogP contribution is 2.37. The first kappa shape index (κ1) is 16.2. The number of carbonyl (C=O) groups is 1. The molecule has 1 atom stereocenters. The van der Waals surface area contributed by atoms with Gasteiger partial charge in [-0.1, -0.05) is 59.6 Å². The predicted molar refractivity (Wildman–Crippen MR) is 91.8 cm³/mol.